The lowest BCUT2D eigenvalue weighted by Crippen LogP contribution is -2.41. The fourth-order valence-electron chi connectivity index (χ4n) is 3.43. The van der Waals surface area contributed by atoms with Crippen LogP contribution in [0.2, 0.25) is 0 Å². The maximum absolute atomic E-state index is 12.5. The average Bonchev–Trinajstić information content (AvgIpc) is 3.23. The maximum Gasteiger partial charge on any atom is 0.338 e. The number of fused-ring (bicyclic) bond motifs is 3. The standard InChI is InChI=1S/C20H18N2O4/c1-12(18(23)22-9-8-21-20(22)25)26-19(24)15-7-6-14-10-13-4-2-3-5-16(13)17(14)11-15/h2-7,11-12H,8-10H2,1H3,(H,21,25)/t12-/m0/s1. The third-order valence-corrected chi connectivity index (χ3v) is 4.79. The number of carbonyl (C=O) groups is 3. The van der Waals surface area contributed by atoms with Crippen molar-refractivity contribution in [3.8, 4) is 11.1 Å². The maximum atomic E-state index is 12.5. The molecule has 1 atom stereocenters. The SMILES string of the molecule is C[C@H](OC(=O)c1ccc2c(c1)-c1ccccc1C2)C(=O)N1CCNC1=O. The number of urea groups is 1. The number of ether oxygens (including phenoxy) is 1. The molecule has 0 radical (unpaired) electrons. The zero-order valence-corrected chi connectivity index (χ0v) is 14.3. The van der Waals surface area contributed by atoms with Crippen LogP contribution in [-0.4, -0.2) is 42.0 Å². The molecule has 1 aliphatic heterocycles. The fourth-order valence-corrected chi connectivity index (χ4v) is 3.43. The molecule has 1 saturated heterocycles. The van der Waals surface area contributed by atoms with Crippen molar-refractivity contribution < 1.29 is 19.1 Å². The van der Waals surface area contributed by atoms with Gasteiger partial charge in [-0.1, -0.05) is 30.3 Å². The van der Waals surface area contributed by atoms with Gasteiger partial charge in [0.1, 0.15) is 0 Å². The van der Waals surface area contributed by atoms with Crippen LogP contribution in [0.1, 0.15) is 28.4 Å². The minimum atomic E-state index is -1.02. The summed E-state index contributed by atoms with van der Waals surface area (Å²) in [5, 5.41) is 2.55. The Labute approximate surface area is 150 Å². The van der Waals surface area contributed by atoms with Crippen LogP contribution in [0.15, 0.2) is 42.5 Å². The van der Waals surface area contributed by atoms with Gasteiger partial charge in [0, 0.05) is 13.1 Å². The van der Waals surface area contributed by atoms with Gasteiger partial charge < -0.3 is 10.1 Å². The van der Waals surface area contributed by atoms with Crippen LogP contribution in [-0.2, 0) is 16.0 Å². The molecule has 1 aliphatic carbocycles. The number of hydrogen-bond acceptors (Lipinski definition) is 4. The Bertz CT molecular complexity index is 922. The minimum Gasteiger partial charge on any atom is -0.449 e. The number of nitrogens with zero attached hydrogens (tertiary/aromatic N) is 1. The largest absolute Gasteiger partial charge is 0.449 e. The first kappa shape index (κ1) is 16.3. The molecule has 1 heterocycles. The zero-order chi connectivity index (χ0) is 18.3. The van der Waals surface area contributed by atoms with E-state index in [-0.39, 0.29) is 6.54 Å². The van der Waals surface area contributed by atoms with Crippen LogP contribution < -0.4 is 5.32 Å². The smallest absolute Gasteiger partial charge is 0.338 e. The number of esters is 1. The molecule has 0 unspecified atom stereocenters. The molecule has 3 amide bonds. The molecule has 0 spiro atoms. The lowest BCUT2D eigenvalue weighted by molar-refractivity contribution is -0.136. The van der Waals surface area contributed by atoms with Crippen LogP contribution in [0.3, 0.4) is 0 Å². The summed E-state index contributed by atoms with van der Waals surface area (Å²) in [6.07, 6.45) is -0.174. The van der Waals surface area contributed by atoms with Crippen molar-refractivity contribution in [2.75, 3.05) is 13.1 Å². The quantitative estimate of drug-likeness (QED) is 0.736. The lowest BCUT2D eigenvalue weighted by atomic mass is 10.0. The summed E-state index contributed by atoms with van der Waals surface area (Å²) in [5.41, 5.74) is 4.94. The van der Waals surface area contributed by atoms with Crippen molar-refractivity contribution >= 4 is 17.9 Å². The molecular weight excluding hydrogens is 332 g/mol. The Morgan fingerprint density at radius 1 is 1.12 bits per heavy atom. The summed E-state index contributed by atoms with van der Waals surface area (Å²) in [6.45, 7) is 2.18. The second-order valence-electron chi connectivity index (χ2n) is 6.48. The molecular formula is C20H18N2O4. The van der Waals surface area contributed by atoms with Crippen molar-refractivity contribution in [3.63, 3.8) is 0 Å². The summed E-state index contributed by atoms with van der Waals surface area (Å²) in [5.74, 6) is -1.09. The Hall–Kier alpha value is -3.15. The monoisotopic (exact) mass is 350 g/mol. The topological polar surface area (TPSA) is 75.7 Å². The van der Waals surface area contributed by atoms with Gasteiger partial charge in [-0.25, -0.2) is 9.59 Å². The predicted octanol–water partition coefficient (Wildman–Crippen LogP) is 2.35. The van der Waals surface area contributed by atoms with Gasteiger partial charge in [0.05, 0.1) is 5.56 Å². The molecule has 6 nitrogen and oxygen atoms in total. The van der Waals surface area contributed by atoms with Gasteiger partial charge in [-0.3, -0.25) is 9.69 Å². The van der Waals surface area contributed by atoms with Crippen LogP contribution in [0.25, 0.3) is 11.1 Å². The molecule has 6 heteroatoms. The first-order valence-electron chi connectivity index (χ1n) is 8.56. The van der Waals surface area contributed by atoms with Crippen molar-refractivity contribution in [1.82, 2.24) is 10.2 Å². The van der Waals surface area contributed by atoms with Gasteiger partial charge in [0.25, 0.3) is 5.91 Å². The Morgan fingerprint density at radius 2 is 1.88 bits per heavy atom. The van der Waals surface area contributed by atoms with Gasteiger partial charge in [0.2, 0.25) is 0 Å². The van der Waals surface area contributed by atoms with E-state index >= 15 is 0 Å². The third kappa shape index (κ3) is 2.73. The highest BCUT2D eigenvalue weighted by atomic mass is 16.5. The average molecular weight is 350 g/mol. The molecule has 4 rings (SSSR count). The van der Waals surface area contributed by atoms with E-state index in [2.05, 4.69) is 11.4 Å². The van der Waals surface area contributed by atoms with E-state index in [9.17, 15) is 14.4 Å². The van der Waals surface area contributed by atoms with E-state index in [0.29, 0.717) is 12.1 Å². The number of benzene rings is 2. The molecule has 1 fully saturated rings. The molecule has 1 N–H and O–H groups in total. The first-order valence-corrected chi connectivity index (χ1v) is 8.56. The lowest BCUT2D eigenvalue weighted by Gasteiger charge is -2.18. The van der Waals surface area contributed by atoms with E-state index in [1.54, 1.807) is 6.07 Å². The summed E-state index contributed by atoms with van der Waals surface area (Å²) in [7, 11) is 0. The van der Waals surface area contributed by atoms with Crippen molar-refractivity contribution in [1.29, 1.82) is 0 Å². The number of rotatable bonds is 3. The molecule has 132 valence electrons. The van der Waals surface area contributed by atoms with E-state index in [1.165, 1.54) is 18.1 Å². The Kier molecular flexibility index (Phi) is 3.95. The number of carbonyl (C=O) groups excluding carboxylic acids is 3. The highest BCUT2D eigenvalue weighted by molar-refractivity contribution is 6.00. The first-order chi connectivity index (χ1) is 12.5. The van der Waals surface area contributed by atoms with Crippen LogP contribution in [0.5, 0.6) is 0 Å². The fraction of sp³-hybridized carbons (Fsp3) is 0.250. The van der Waals surface area contributed by atoms with E-state index in [0.717, 1.165) is 22.4 Å². The van der Waals surface area contributed by atoms with Gasteiger partial charge in [-0.05, 0) is 47.7 Å². The highest BCUT2D eigenvalue weighted by Crippen LogP contribution is 2.36. The normalized spacial score (nSPS) is 15.9. The van der Waals surface area contributed by atoms with Crippen molar-refractivity contribution in [2.24, 2.45) is 0 Å². The van der Waals surface area contributed by atoms with Crippen molar-refractivity contribution in [3.05, 3.63) is 59.2 Å². The number of amides is 3. The van der Waals surface area contributed by atoms with Gasteiger partial charge in [0.15, 0.2) is 6.10 Å². The van der Waals surface area contributed by atoms with Crippen LogP contribution in [0, 0.1) is 0 Å². The molecule has 0 bridgehead atoms. The molecule has 2 aromatic rings. The summed E-state index contributed by atoms with van der Waals surface area (Å²) in [4.78, 5) is 37.4. The van der Waals surface area contributed by atoms with Crippen LogP contribution >= 0.6 is 0 Å². The molecule has 0 saturated carbocycles. The number of hydrogen-bond donors (Lipinski definition) is 1. The molecule has 2 aliphatic rings. The van der Waals surface area contributed by atoms with Crippen molar-refractivity contribution in [2.45, 2.75) is 19.4 Å². The highest BCUT2D eigenvalue weighted by Gasteiger charge is 2.32. The number of imide groups is 1. The second-order valence-corrected chi connectivity index (χ2v) is 6.48. The minimum absolute atomic E-state index is 0.287. The summed E-state index contributed by atoms with van der Waals surface area (Å²) >= 11 is 0. The Balaban J connectivity index is 1.51. The van der Waals surface area contributed by atoms with Gasteiger partial charge in [-0.2, -0.15) is 0 Å². The summed E-state index contributed by atoms with van der Waals surface area (Å²) in [6, 6.07) is 13.1. The third-order valence-electron chi connectivity index (χ3n) is 4.79. The Morgan fingerprint density at radius 3 is 2.65 bits per heavy atom. The molecule has 26 heavy (non-hydrogen) atoms. The van der Waals surface area contributed by atoms with E-state index in [4.69, 9.17) is 4.74 Å². The summed E-state index contributed by atoms with van der Waals surface area (Å²) < 4.78 is 5.30. The van der Waals surface area contributed by atoms with E-state index in [1.807, 2.05) is 30.3 Å². The second kappa shape index (κ2) is 6.29. The zero-order valence-electron chi connectivity index (χ0n) is 14.3. The van der Waals surface area contributed by atoms with Gasteiger partial charge >= 0.3 is 12.0 Å². The molecule has 2 aromatic carbocycles. The predicted molar refractivity (Wildman–Crippen MR) is 94.7 cm³/mol. The molecule has 0 aromatic heterocycles. The van der Waals surface area contributed by atoms with Gasteiger partial charge in [-0.15, -0.1) is 0 Å². The van der Waals surface area contributed by atoms with E-state index < -0.39 is 24.0 Å². The number of nitrogens with one attached hydrogen (secondary N) is 1. The van der Waals surface area contributed by atoms with Crippen LogP contribution in [0.4, 0.5) is 4.79 Å².